The van der Waals surface area contributed by atoms with Crippen LogP contribution in [0.5, 0.6) is 0 Å². The molecule has 5 aromatic heterocycles. The lowest BCUT2D eigenvalue weighted by Gasteiger charge is -2.15. The van der Waals surface area contributed by atoms with E-state index in [0.717, 1.165) is 16.8 Å². The number of aromatic nitrogens is 5. The van der Waals surface area contributed by atoms with E-state index in [2.05, 4.69) is 296 Å². The lowest BCUT2D eigenvalue weighted by Crippen LogP contribution is -2.32. The van der Waals surface area contributed by atoms with E-state index in [-0.39, 0.29) is 12.0 Å². The van der Waals surface area contributed by atoms with Crippen LogP contribution in [0.4, 0.5) is 0 Å². The minimum Gasteiger partial charge on any atom is -0.201 e. The Kier molecular flexibility index (Phi) is 19.1. The van der Waals surface area contributed by atoms with E-state index < -0.39 is 19.6 Å². The van der Waals surface area contributed by atoms with Crippen LogP contribution in [0.15, 0.2) is 225 Å². The van der Waals surface area contributed by atoms with Crippen LogP contribution in [0.1, 0.15) is 124 Å². The van der Waals surface area contributed by atoms with Gasteiger partial charge in [0.25, 0.3) is 0 Å². The Balaban J connectivity index is 0.000000131. The van der Waals surface area contributed by atoms with Crippen LogP contribution >= 0.6 is 0 Å². The largest absolute Gasteiger partial charge is 0.212 e. The zero-order chi connectivity index (χ0) is 74.5. The van der Waals surface area contributed by atoms with Gasteiger partial charge in [-0.05, 0) is 230 Å². The van der Waals surface area contributed by atoms with Crippen LogP contribution in [-0.4, -0.2) is 0 Å². The molecule has 0 radical (unpaired) electrons. The summed E-state index contributed by atoms with van der Waals surface area (Å²) in [5, 5.41) is 0. The third-order valence-corrected chi connectivity index (χ3v) is 19.6. The van der Waals surface area contributed by atoms with E-state index in [1.165, 1.54) is 162 Å². The van der Waals surface area contributed by atoms with Crippen LogP contribution in [0.2, 0.25) is 0 Å². The summed E-state index contributed by atoms with van der Waals surface area (Å²) in [7, 11) is 10.4. The molecule has 5 nitrogen and oxygen atoms in total. The van der Waals surface area contributed by atoms with Gasteiger partial charge in [0.1, 0.15) is 35.2 Å². The van der Waals surface area contributed by atoms with Gasteiger partial charge in [0, 0.05) is 95.6 Å². The molecule has 12 aromatic rings. The van der Waals surface area contributed by atoms with Crippen molar-refractivity contribution >= 4 is 0 Å². The second-order valence-corrected chi connectivity index (χ2v) is 27.1. The van der Waals surface area contributed by atoms with Crippen molar-refractivity contribution in [3.63, 3.8) is 0 Å². The van der Waals surface area contributed by atoms with Crippen molar-refractivity contribution in [2.24, 2.45) is 35.2 Å². The van der Waals surface area contributed by atoms with Gasteiger partial charge in [-0.1, -0.05) is 150 Å². The van der Waals surface area contributed by atoms with E-state index in [1.807, 2.05) is 6.92 Å². The first kappa shape index (κ1) is 59.8. The Bertz CT molecular complexity index is 5000. The molecule has 15 rings (SSSR count). The zero-order valence-corrected chi connectivity index (χ0v) is 59.8. The van der Waals surface area contributed by atoms with Gasteiger partial charge in [-0.15, -0.1) is 0 Å². The van der Waals surface area contributed by atoms with Crippen molar-refractivity contribution in [2.75, 3.05) is 0 Å². The molecule has 0 amide bonds. The normalized spacial score (nSPS) is 14.7. The fourth-order valence-corrected chi connectivity index (χ4v) is 14.2. The minimum absolute atomic E-state index is 0.199. The highest BCUT2D eigenvalue weighted by atomic mass is 14.9. The molecule has 7 aromatic carbocycles. The first-order valence-corrected chi connectivity index (χ1v) is 34.5. The second kappa shape index (κ2) is 31.0. The molecule has 490 valence electrons. The Morgan fingerprint density at radius 3 is 1.01 bits per heavy atom. The Morgan fingerprint density at radius 1 is 0.258 bits per heavy atom. The summed E-state index contributed by atoms with van der Waals surface area (Å²) in [4.78, 5) is 0. The number of hydrogen-bond donors (Lipinski definition) is 0. The highest BCUT2D eigenvalue weighted by Crippen LogP contribution is 2.33. The predicted molar refractivity (Wildman–Crippen MR) is 404 cm³/mol. The van der Waals surface area contributed by atoms with Crippen LogP contribution in [0.3, 0.4) is 0 Å². The highest BCUT2D eigenvalue weighted by Gasteiger charge is 2.24. The summed E-state index contributed by atoms with van der Waals surface area (Å²) in [6.45, 7) is 17.1. The molecule has 5 heterocycles. The number of aryl methyl sites for hydroxylation is 21. The maximum Gasteiger partial charge on any atom is 0.212 e. The highest BCUT2D eigenvalue weighted by molar-refractivity contribution is 5.72. The third kappa shape index (κ3) is 16.2. The molecule has 0 atom stereocenters. The molecule has 3 aliphatic carbocycles. The maximum absolute atomic E-state index is 8.17. The molecular formula is C92H102N5+5. The topological polar surface area (TPSA) is 19.4 Å². The van der Waals surface area contributed by atoms with Crippen LogP contribution in [0, 0.1) is 69.2 Å². The molecule has 97 heavy (non-hydrogen) atoms. The summed E-state index contributed by atoms with van der Waals surface area (Å²) in [6.07, 6.45) is 16.1. The molecule has 3 aliphatic rings. The smallest absolute Gasteiger partial charge is 0.201 e. The summed E-state index contributed by atoms with van der Waals surface area (Å²) in [6, 6.07) is 67.6. The summed E-state index contributed by atoms with van der Waals surface area (Å²) < 4.78 is 65.8. The van der Waals surface area contributed by atoms with E-state index in [1.54, 1.807) is 58.8 Å². The van der Waals surface area contributed by atoms with Crippen molar-refractivity contribution < 1.29 is 32.4 Å². The number of hydrogen-bond acceptors (Lipinski definition) is 0. The van der Waals surface area contributed by atoms with E-state index in [0.29, 0.717) is 11.1 Å². The zero-order valence-electron chi connectivity index (χ0n) is 66.8. The minimum atomic E-state index is -2.17. The SMILES string of the molecule is Cc1cc(-c2ccccc2C)[n+](C)cc1-c1ccccc1.Cc1cc(-c2ccccc2C)[n+](C)cc1-c1ccccc1.Cc1ccc(-c2cc3c(c[n+]2C)CCC3)c(C)c1.Cc1ccc(-c2cc3c(c[n+]2C)CCCC3)c(C)c1.[2H]C([2H])([2H])c1ccc(-c2cc3c(c[n+]2C)C([2H])([2H])CC3([2H])[2H])c(C)c1. The molecule has 0 N–H and O–H groups in total. The molecule has 0 unspecified atom stereocenters. The average molecular weight is 1280 g/mol. The summed E-state index contributed by atoms with van der Waals surface area (Å²) in [5.74, 6) is 0. The fourth-order valence-electron chi connectivity index (χ4n) is 14.2. The quantitative estimate of drug-likeness (QED) is 0.142. The van der Waals surface area contributed by atoms with Gasteiger partial charge in [-0.3, -0.25) is 0 Å². The number of pyridine rings is 5. The first-order valence-electron chi connectivity index (χ1n) is 38.0. The Labute approximate surface area is 590 Å². The van der Waals surface area contributed by atoms with Gasteiger partial charge in [0.2, 0.25) is 28.5 Å². The van der Waals surface area contributed by atoms with Gasteiger partial charge < -0.3 is 0 Å². The number of benzene rings is 7. The number of fused-ring (bicyclic) bond motifs is 3. The lowest BCUT2D eigenvalue weighted by atomic mass is 9.91. The van der Waals surface area contributed by atoms with Crippen molar-refractivity contribution in [3.8, 4) is 78.5 Å². The van der Waals surface area contributed by atoms with E-state index >= 15 is 0 Å². The standard InChI is InChI=1S/2C20H20N.C18H22N.2C17H20N/c2*1-15-9-7-8-12-18(15)20-13-16(2)19(14-21(20)3)17-10-5-4-6-11-17;1-13-8-9-17(14(2)10-13)18-11-15-6-4-5-7-16(15)12-19(18)3;2*1-12-7-8-16(13(2)9-12)17-10-14-5-4-6-15(14)11-18(17)3/h2*4-14H,1-3H3;8-12H,4-7H2,1-3H3;2*7-11H,4-6H2,1-3H3/q5*+1/i;;;1D3,5D2,6D2;. The number of nitrogens with zero attached hydrogens (tertiary/aromatic N) is 5. The van der Waals surface area contributed by atoms with Gasteiger partial charge in [0.05, 0.1) is 0 Å². The number of rotatable bonds is 7. The van der Waals surface area contributed by atoms with Gasteiger partial charge >= 0.3 is 0 Å². The van der Waals surface area contributed by atoms with E-state index in [4.69, 9.17) is 9.60 Å². The maximum atomic E-state index is 8.17. The molecule has 5 heteroatoms. The molecule has 0 saturated carbocycles. The summed E-state index contributed by atoms with van der Waals surface area (Å²) in [5.41, 5.74) is 35.7. The fraction of sp³-hybridized carbons (Fsp3) is 0.272. The predicted octanol–water partition coefficient (Wildman–Crippen LogP) is 19.2. The molecule has 0 bridgehead atoms. The third-order valence-electron chi connectivity index (χ3n) is 19.6. The van der Waals surface area contributed by atoms with Gasteiger partial charge in [-0.25, -0.2) is 22.8 Å². The monoisotopic (exact) mass is 1280 g/mol. The Hall–Kier alpha value is -9.71. The lowest BCUT2D eigenvalue weighted by molar-refractivity contribution is -0.661. The van der Waals surface area contributed by atoms with Crippen molar-refractivity contribution in [3.05, 3.63) is 314 Å². The van der Waals surface area contributed by atoms with Gasteiger partial charge in [0.15, 0.2) is 31.0 Å². The van der Waals surface area contributed by atoms with Crippen molar-refractivity contribution in [2.45, 2.75) is 133 Å². The molecule has 0 saturated heterocycles. The molecular weight excluding hydrogens is 1180 g/mol. The first-order chi connectivity index (χ1) is 49.5. The van der Waals surface area contributed by atoms with Crippen LogP contribution in [0.25, 0.3) is 78.5 Å². The second-order valence-electron chi connectivity index (χ2n) is 27.1. The van der Waals surface area contributed by atoms with Crippen LogP contribution in [-0.2, 0) is 73.7 Å². The van der Waals surface area contributed by atoms with Crippen molar-refractivity contribution in [1.29, 1.82) is 0 Å². The summed E-state index contributed by atoms with van der Waals surface area (Å²) >= 11 is 0. The Morgan fingerprint density at radius 2 is 0.577 bits per heavy atom. The van der Waals surface area contributed by atoms with E-state index in [9.17, 15) is 0 Å². The average Bonchev–Trinajstić information content (AvgIpc) is 1.58. The van der Waals surface area contributed by atoms with Gasteiger partial charge in [-0.2, -0.15) is 0 Å². The molecule has 0 aliphatic heterocycles. The molecule has 0 fully saturated rings. The van der Waals surface area contributed by atoms with Crippen LogP contribution < -0.4 is 22.8 Å². The van der Waals surface area contributed by atoms with Crippen molar-refractivity contribution in [1.82, 2.24) is 0 Å². The molecule has 0 spiro atoms.